The number of halogens is 1. The summed E-state index contributed by atoms with van der Waals surface area (Å²) in [5.41, 5.74) is 4.75. The van der Waals surface area contributed by atoms with Gasteiger partial charge >= 0.3 is 0 Å². The van der Waals surface area contributed by atoms with Crippen molar-refractivity contribution in [3.8, 4) is 11.3 Å². The molecule has 0 unspecified atom stereocenters. The van der Waals surface area contributed by atoms with E-state index in [-0.39, 0.29) is 0 Å². The Hall–Kier alpha value is -1.45. The van der Waals surface area contributed by atoms with Crippen molar-refractivity contribution in [2.24, 2.45) is 11.8 Å². The minimum absolute atomic E-state index is 0.736. The maximum atomic E-state index is 6.43. The Bertz CT molecular complexity index is 889. The molecular weight excluding hydrogens is 396 g/mol. The second-order valence-corrected chi connectivity index (χ2v) is 9.65. The molecule has 154 valence electrons. The predicted octanol–water partition coefficient (Wildman–Crippen LogP) is 7.79. The van der Waals surface area contributed by atoms with Gasteiger partial charge in [0.25, 0.3) is 0 Å². The van der Waals surface area contributed by atoms with Crippen LogP contribution in [-0.4, -0.2) is 16.0 Å². The fraction of sp³-hybridized carbons (Fsp3) is 0.480. The van der Waals surface area contributed by atoms with Crippen molar-refractivity contribution in [1.82, 2.24) is 9.78 Å². The lowest BCUT2D eigenvalue weighted by molar-refractivity contribution is 0.237. The van der Waals surface area contributed by atoms with Gasteiger partial charge < -0.3 is 0 Å². The van der Waals surface area contributed by atoms with E-state index in [4.69, 9.17) is 16.7 Å². The molecule has 2 nitrogen and oxygen atoms in total. The molecule has 0 radical (unpaired) electrons. The molecule has 0 amide bonds. The van der Waals surface area contributed by atoms with Gasteiger partial charge in [-0.05, 0) is 55.4 Å². The zero-order valence-corrected chi connectivity index (χ0v) is 19.1. The standard InChI is InChI=1S/C25H31ClN2S/c1-3-18-12-14-19(15-13-18)17-28-25(29-2)23(21-10-7-11-22(26)16-21)24(27-28)20-8-5-4-6-9-20/h4-6,8-10,16,18-19H,3,7,11-15,17H2,1-2H3. The van der Waals surface area contributed by atoms with Gasteiger partial charge in [-0.25, -0.2) is 0 Å². The maximum absolute atomic E-state index is 6.43. The molecule has 1 heterocycles. The quantitative estimate of drug-likeness (QED) is 0.438. The van der Waals surface area contributed by atoms with Gasteiger partial charge in [-0.3, -0.25) is 4.68 Å². The first-order valence-electron chi connectivity index (χ1n) is 11.0. The van der Waals surface area contributed by atoms with Crippen molar-refractivity contribution >= 4 is 28.9 Å². The van der Waals surface area contributed by atoms with Crippen LogP contribution < -0.4 is 0 Å². The summed E-state index contributed by atoms with van der Waals surface area (Å²) in [4.78, 5) is 0. The van der Waals surface area contributed by atoms with Gasteiger partial charge in [0.15, 0.2) is 0 Å². The van der Waals surface area contributed by atoms with Crippen molar-refractivity contribution in [2.45, 2.75) is 63.4 Å². The highest BCUT2D eigenvalue weighted by atomic mass is 35.5. The molecule has 1 aromatic carbocycles. The third-order valence-electron chi connectivity index (χ3n) is 6.47. The van der Waals surface area contributed by atoms with Crippen LogP contribution in [-0.2, 0) is 6.54 Å². The summed E-state index contributed by atoms with van der Waals surface area (Å²) in [6.45, 7) is 3.36. The molecule has 4 heteroatoms. The smallest absolute Gasteiger partial charge is 0.102 e. The van der Waals surface area contributed by atoms with E-state index in [2.05, 4.69) is 60.3 Å². The molecule has 4 rings (SSSR count). The Balaban J connectivity index is 1.72. The Kier molecular flexibility index (Phi) is 6.87. The topological polar surface area (TPSA) is 17.8 Å². The summed E-state index contributed by atoms with van der Waals surface area (Å²) in [6.07, 6.45) is 15.3. The van der Waals surface area contributed by atoms with Gasteiger partial charge in [0.2, 0.25) is 0 Å². The van der Waals surface area contributed by atoms with Crippen LogP contribution in [0.5, 0.6) is 0 Å². The molecule has 0 aliphatic heterocycles. The number of allylic oxidation sites excluding steroid dienone is 4. The normalized spacial score (nSPS) is 22.3. The lowest BCUT2D eigenvalue weighted by Gasteiger charge is -2.28. The fourth-order valence-electron chi connectivity index (χ4n) is 4.74. The van der Waals surface area contributed by atoms with E-state index in [1.54, 1.807) is 0 Å². The zero-order chi connectivity index (χ0) is 20.2. The molecule has 0 bridgehead atoms. The van der Waals surface area contributed by atoms with Crippen molar-refractivity contribution in [1.29, 1.82) is 0 Å². The number of benzene rings is 1. The molecule has 2 aliphatic carbocycles. The summed E-state index contributed by atoms with van der Waals surface area (Å²) < 4.78 is 2.29. The van der Waals surface area contributed by atoms with Crippen molar-refractivity contribution in [3.63, 3.8) is 0 Å². The molecule has 1 aromatic heterocycles. The first kappa shape index (κ1) is 20.8. The Morgan fingerprint density at radius 2 is 1.83 bits per heavy atom. The number of hydrogen-bond donors (Lipinski definition) is 0. The van der Waals surface area contributed by atoms with Gasteiger partial charge in [0.05, 0.1) is 0 Å². The SMILES string of the molecule is CCC1CCC(Cn2nc(-c3ccccc3)c(C3=CCCC(Cl)=C3)c2SC)CC1. The Morgan fingerprint density at radius 3 is 2.48 bits per heavy atom. The van der Waals surface area contributed by atoms with E-state index in [0.29, 0.717) is 0 Å². The van der Waals surface area contributed by atoms with E-state index in [0.717, 1.165) is 41.9 Å². The molecule has 1 saturated carbocycles. The van der Waals surface area contributed by atoms with Crippen molar-refractivity contribution in [3.05, 3.63) is 53.1 Å². The van der Waals surface area contributed by atoms with E-state index in [1.807, 2.05) is 11.8 Å². The van der Waals surface area contributed by atoms with Crippen molar-refractivity contribution in [2.75, 3.05) is 6.26 Å². The molecule has 1 fully saturated rings. The highest BCUT2D eigenvalue weighted by molar-refractivity contribution is 7.98. The number of nitrogens with zero attached hydrogens (tertiary/aromatic N) is 2. The van der Waals surface area contributed by atoms with E-state index < -0.39 is 0 Å². The molecule has 0 saturated heterocycles. The lowest BCUT2D eigenvalue weighted by atomic mass is 9.81. The summed E-state index contributed by atoms with van der Waals surface area (Å²) in [5, 5.41) is 7.38. The average Bonchev–Trinajstić information content (AvgIpc) is 3.13. The lowest BCUT2D eigenvalue weighted by Crippen LogP contribution is -2.19. The predicted molar refractivity (Wildman–Crippen MR) is 126 cm³/mol. The fourth-order valence-corrected chi connectivity index (χ4v) is 5.71. The van der Waals surface area contributed by atoms with E-state index in [1.165, 1.54) is 53.8 Å². The monoisotopic (exact) mass is 426 g/mol. The number of rotatable bonds is 6. The first-order chi connectivity index (χ1) is 14.2. The Labute approximate surface area is 184 Å². The van der Waals surface area contributed by atoms with Crippen LogP contribution >= 0.6 is 23.4 Å². The minimum atomic E-state index is 0.736. The van der Waals surface area contributed by atoms with Crippen LogP contribution in [0.2, 0.25) is 0 Å². The van der Waals surface area contributed by atoms with Crippen LogP contribution in [0.4, 0.5) is 0 Å². The summed E-state index contributed by atoms with van der Waals surface area (Å²) >= 11 is 8.24. The third-order valence-corrected chi connectivity index (χ3v) is 7.57. The Morgan fingerprint density at radius 1 is 1.10 bits per heavy atom. The van der Waals surface area contributed by atoms with Crippen LogP contribution in [0.25, 0.3) is 16.8 Å². The highest BCUT2D eigenvalue weighted by Crippen LogP contribution is 2.40. The molecule has 0 spiro atoms. The van der Waals surface area contributed by atoms with Crippen LogP contribution in [0.15, 0.2) is 52.5 Å². The largest absolute Gasteiger partial charge is 0.258 e. The minimum Gasteiger partial charge on any atom is -0.258 e. The van der Waals surface area contributed by atoms with Gasteiger partial charge in [-0.2, -0.15) is 5.10 Å². The van der Waals surface area contributed by atoms with Crippen LogP contribution in [0.3, 0.4) is 0 Å². The number of aromatic nitrogens is 2. The van der Waals surface area contributed by atoms with E-state index >= 15 is 0 Å². The van der Waals surface area contributed by atoms with Crippen LogP contribution in [0, 0.1) is 11.8 Å². The van der Waals surface area contributed by atoms with Gasteiger partial charge in [-0.15, -0.1) is 11.8 Å². The van der Waals surface area contributed by atoms with Crippen LogP contribution in [0.1, 0.15) is 57.4 Å². The van der Waals surface area contributed by atoms with Crippen molar-refractivity contribution < 1.29 is 0 Å². The van der Waals surface area contributed by atoms with E-state index in [9.17, 15) is 0 Å². The number of thioether (sulfide) groups is 1. The molecular formula is C25H31ClN2S. The summed E-state index contributed by atoms with van der Waals surface area (Å²) in [7, 11) is 0. The van der Waals surface area contributed by atoms with Gasteiger partial charge in [-0.1, -0.05) is 74.2 Å². The average molecular weight is 427 g/mol. The molecule has 29 heavy (non-hydrogen) atoms. The first-order valence-corrected chi connectivity index (χ1v) is 12.6. The number of hydrogen-bond acceptors (Lipinski definition) is 2. The summed E-state index contributed by atoms with van der Waals surface area (Å²) in [6, 6.07) is 10.6. The van der Waals surface area contributed by atoms with Gasteiger partial charge in [0, 0.05) is 22.7 Å². The highest BCUT2D eigenvalue weighted by Gasteiger charge is 2.26. The summed E-state index contributed by atoms with van der Waals surface area (Å²) in [5.74, 6) is 1.67. The van der Waals surface area contributed by atoms with Gasteiger partial charge in [0.1, 0.15) is 10.7 Å². The molecule has 2 aromatic rings. The molecule has 0 atom stereocenters. The molecule has 0 N–H and O–H groups in total. The zero-order valence-electron chi connectivity index (χ0n) is 17.5. The second kappa shape index (κ2) is 9.57. The second-order valence-electron chi connectivity index (χ2n) is 8.37. The third kappa shape index (κ3) is 4.67. The maximum Gasteiger partial charge on any atom is 0.102 e. The molecule has 2 aliphatic rings.